The van der Waals surface area contributed by atoms with Crippen LogP contribution < -0.4 is 10.6 Å². The van der Waals surface area contributed by atoms with Crippen molar-refractivity contribution in [2.75, 3.05) is 11.4 Å². The van der Waals surface area contributed by atoms with Gasteiger partial charge in [0.2, 0.25) is 0 Å². The van der Waals surface area contributed by atoms with Crippen molar-refractivity contribution in [3.8, 4) is 22.7 Å². The summed E-state index contributed by atoms with van der Waals surface area (Å²) in [5, 5.41) is 10.8. The molecule has 4 heterocycles. The molecule has 1 unspecified atom stereocenters. The van der Waals surface area contributed by atoms with E-state index < -0.39 is 28.8 Å². The molecule has 0 bridgehead atoms. The molecule has 0 spiro atoms. The third-order valence-electron chi connectivity index (χ3n) is 7.71. The molecule has 40 heavy (non-hydrogen) atoms. The topological polar surface area (TPSA) is 84.1 Å². The highest BCUT2D eigenvalue weighted by atomic mass is 19.1. The van der Waals surface area contributed by atoms with Crippen molar-refractivity contribution in [3.63, 3.8) is 0 Å². The molecule has 1 aliphatic heterocycles. The van der Waals surface area contributed by atoms with Crippen molar-refractivity contribution >= 4 is 16.9 Å². The number of anilines is 1. The van der Waals surface area contributed by atoms with E-state index >= 15 is 4.39 Å². The Morgan fingerprint density at radius 3 is 2.65 bits per heavy atom. The average molecular weight is 546 g/mol. The highest BCUT2D eigenvalue weighted by Crippen LogP contribution is 2.38. The lowest BCUT2D eigenvalue weighted by atomic mass is 9.89. The average Bonchev–Trinajstić information content (AvgIpc) is 2.89. The van der Waals surface area contributed by atoms with E-state index in [-0.39, 0.29) is 23.2 Å². The molecule has 1 aliphatic rings. The molecule has 3 aromatic heterocycles. The van der Waals surface area contributed by atoms with E-state index in [9.17, 15) is 14.3 Å². The van der Waals surface area contributed by atoms with Gasteiger partial charge in [-0.1, -0.05) is 26.0 Å². The van der Waals surface area contributed by atoms with Crippen LogP contribution in [0.25, 0.3) is 28.0 Å². The number of pyridine rings is 2. The van der Waals surface area contributed by atoms with Crippen molar-refractivity contribution in [3.05, 3.63) is 82.6 Å². The minimum atomic E-state index is -0.831. The summed E-state index contributed by atoms with van der Waals surface area (Å²) in [5.41, 5.74) is 0.682. The maximum atomic E-state index is 15.8. The lowest BCUT2D eigenvalue weighted by molar-refractivity contribution is 0.354. The third-order valence-corrected chi connectivity index (χ3v) is 7.71. The van der Waals surface area contributed by atoms with Crippen LogP contribution in [0.5, 0.6) is 5.75 Å². The van der Waals surface area contributed by atoms with Gasteiger partial charge in [-0.3, -0.25) is 4.98 Å². The van der Waals surface area contributed by atoms with Gasteiger partial charge >= 0.3 is 5.69 Å². The highest BCUT2D eigenvalue weighted by molar-refractivity contribution is 5.91. The number of fused-ring (bicyclic) bond motifs is 1. The van der Waals surface area contributed by atoms with E-state index in [1.807, 2.05) is 31.7 Å². The summed E-state index contributed by atoms with van der Waals surface area (Å²) in [4.78, 5) is 29.5. The van der Waals surface area contributed by atoms with E-state index in [0.717, 1.165) is 30.9 Å². The summed E-state index contributed by atoms with van der Waals surface area (Å²) in [5.74, 6) is -1.35. The van der Waals surface area contributed by atoms with Crippen LogP contribution in [0.15, 0.2) is 54.0 Å². The molecule has 1 saturated heterocycles. The molecule has 208 valence electrons. The molecule has 9 heteroatoms. The normalized spacial score (nSPS) is 17.5. The van der Waals surface area contributed by atoms with E-state index in [1.165, 1.54) is 22.8 Å². The van der Waals surface area contributed by atoms with Gasteiger partial charge in [0, 0.05) is 18.8 Å². The molecule has 1 fully saturated rings. The quantitative estimate of drug-likeness (QED) is 0.281. The smallest absolute Gasteiger partial charge is 0.355 e. The van der Waals surface area contributed by atoms with Crippen LogP contribution in [-0.4, -0.2) is 37.2 Å². The molecule has 0 radical (unpaired) electrons. The Bertz CT molecular complexity index is 1650. The zero-order valence-corrected chi connectivity index (χ0v) is 23.2. The first-order valence-electron chi connectivity index (χ1n) is 13.6. The Morgan fingerprint density at radius 2 is 1.98 bits per heavy atom. The van der Waals surface area contributed by atoms with Crippen molar-refractivity contribution < 1.29 is 13.9 Å². The number of nitrogens with zero attached hydrogens (tertiary/aromatic N) is 5. The van der Waals surface area contributed by atoms with Gasteiger partial charge in [-0.2, -0.15) is 4.98 Å². The molecule has 0 aliphatic carbocycles. The van der Waals surface area contributed by atoms with E-state index in [2.05, 4.69) is 28.5 Å². The molecular weight excluding hydrogens is 512 g/mol. The first-order valence-corrected chi connectivity index (χ1v) is 13.6. The first-order chi connectivity index (χ1) is 19.1. The van der Waals surface area contributed by atoms with E-state index in [1.54, 1.807) is 12.3 Å². The fourth-order valence-corrected chi connectivity index (χ4v) is 5.77. The number of allylic oxidation sites excluding steroid dienone is 1. The van der Waals surface area contributed by atoms with Crippen molar-refractivity contribution in [2.24, 2.45) is 5.92 Å². The number of phenolic OH excluding ortho intramolecular Hbond substituents is 1. The Balaban J connectivity index is 1.84. The first kappa shape index (κ1) is 27.4. The second-order valence-electron chi connectivity index (χ2n) is 10.9. The number of aromatic hydroxyl groups is 1. The minimum absolute atomic E-state index is 0.0364. The number of rotatable bonds is 6. The molecular formula is C31H33F2N5O2. The molecule has 1 N–H and O–H groups in total. The summed E-state index contributed by atoms with van der Waals surface area (Å²) in [6.07, 6.45) is 6.24. The maximum absolute atomic E-state index is 15.8. The second-order valence-corrected chi connectivity index (χ2v) is 10.9. The fourth-order valence-electron chi connectivity index (χ4n) is 5.77. The summed E-state index contributed by atoms with van der Waals surface area (Å²) < 4.78 is 32.0. The SMILES string of the molecule is C=CCC1CCN(c2nc(=O)n(-c3c(C)ccnc3C(C)C)c3nc(-c4c(O)cccc4F)c(F)cc23)[C@@H](C)C1. The maximum Gasteiger partial charge on any atom is 0.355 e. The molecule has 0 saturated carbocycles. The lowest BCUT2D eigenvalue weighted by Crippen LogP contribution is -2.42. The summed E-state index contributed by atoms with van der Waals surface area (Å²) >= 11 is 0. The van der Waals surface area contributed by atoms with Gasteiger partial charge < -0.3 is 10.0 Å². The van der Waals surface area contributed by atoms with Crippen LogP contribution in [-0.2, 0) is 0 Å². The van der Waals surface area contributed by atoms with Crippen LogP contribution in [0.1, 0.15) is 57.2 Å². The summed E-state index contributed by atoms with van der Waals surface area (Å²) in [6, 6.07) is 6.79. The van der Waals surface area contributed by atoms with Crippen molar-refractivity contribution in [2.45, 2.75) is 58.9 Å². The van der Waals surface area contributed by atoms with Crippen LogP contribution in [0.2, 0.25) is 0 Å². The summed E-state index contributed by atoms with van der Waals surface area (Å²) in [6.45, 7) is 12.3. The minimum Gasteiger partial charge on any atom is -0.507 e. The van der Waals surface area contributed by atoms with Crippen LogP contribution in [0.3, 0.4) is 0 Å². The van der Waals surface area contributed by atoms with Gasteiger partial charge in [0.05, 0.1) is 22.3 Å². The third kappa shape index (κ3) is 4.74. The van der Waals surface area contributed by atoms with Gasteiger partial charge in [0.1, 0.15) is 23.1 Å². The van der Waals surface area contributed by atoms with Gasteiger partial charge in [-0.25, -0.2) is 23.1 Å². The predicted octanol–water partition coefficient (Wildman–Crippen LogP) is 6.44. The Morgan fingerprint density at radius 1 is 1.20 bits per heavy atom. The van der Waals surface area contributed by atoms with Crippen molar-refractivity contribution in [1.29, 1.82) is 0 Å². The Hall–Kier alpha value is -4.14. The van der Waals surface area contributed by atoms with Gasteiger partial charge in [-0.15, -0.1) is 6.58 Å². The van der Waals surface area contributed by atoms with Crippen LogP contribution >= 0.6 is 0 Å². The number of halogens is 2. The van der Waals surface area contributed by atoms with Crippen LogP contribution in [0, 0.1) is 24.5 Å². The number of hydrogen-bond donors (Lipinski definition) is 1. The standard InChI is InChI=1S/C31H33F2N5O2/c1-6-8-20-12-14-37(19(5)15-20)29-21-16-23(33)27(25-22(32)9-7-10-24(25)39)35-30(21)38(31(40)36-29)28-18(4)11-13-34-26(28)17(2)3/h6-7,9-11,13,16-17,19-20,39H,1,8,12,14-15H2,2-5H3/t19-,20?/m0/s1. The monoisotopic (exact) mass is 545 g/mol. The second kappa shape index (κ2) is 10.8. The van der Waals surface area contributed by atoms with Crippen LogP contribution in [0.4, 0.5) is 14.6 Å². The van der Waals surface area contributed by atoms with Gasteiger partial charge in [0.15, 0.2) is 11.5 Å². The molecule has 4 aromatic rings. The molecule has 5 rings (SSSR count). The zero-order valence-electron chi connectivity index (χ0n) is 23.2. The number of aromatic nitrogens is 4. The summed E-state index contributed by atoms with van der Waals surface area (Å²) in [7, 11) is 0. The molecule has 7 nitrogen and oxygen atoms in total. The molecule has 2 atom stereocenters. The highest BCUT2D eigenvalue weighted by Gasteiger charge is 2.30. The lowest BCUT2D eigenvalue weighted by Gasteiger charge is -2.38. The number of aryl methyl sites for hydroxylation is 1. The Labute approximate surface area is 231 Å². The van der Waals surface area contributed by atoms with Crippen molar-refractivity contribution in [1.82, 2.24) is 19.5 Å². The number of hydrogen-bond acceptors (Lipinski definition) is 6. The molecule has 0 amide bonds. The number of benzene rings is 1. The predicted molar refractivity (Wildman–Crippen MR) is 153 cm³/mol. The van der Waals surface area contributed by atoms with E-state index in [0.29, 0.717) is 35.0 Å². The zero-order chi connectivity index (χ0) is 28.7. The number of phenols is 1. The van der Waals surface area contributed by atoms with E-state index in [4.69, 9.17) is 0 Å². The number of piperidine rings is 1. The van der Waals surface area contributed by atoms with Gasteiger partial charge in [0.25, 0.3) is 0 Å². The van der Waals surface area contributed by atoms with Gasteiger partial charge in [-0.05, 0) is 74.8 Å². The molecule has 1 aromatic carbocycles. The largest absolute Gasteiger partial charge is 0.507 e. The Kier molecular flexibility index (Phi) is 7.40. The fraction of sp³-hybridized carbons (Fsp3) is 0.355.